The maximum atomic E-state index is 11.3. The summed E-state index contributed by atoms with van der Waals surface area (Å²) in [6, 6.07) is 0. The number of carbonyl (C=O) groups is 1. The van der Waals surface area contributed by atoms with Crippen molar-refractivity contribution in [3.8, 4) is 0 Å². The van der Waals surface area contributed by atoms with Gasteiger partial charge in [-0.1, -0.05) is 0 Å². The van der Waals surface area contributed by atoms with Crippen LogP contribution in [-0.2, 0) is 9.53 Å². The molecule has 14 heavy (non-hydrogen) atoms. The maximum absolute atomic E-state index is 11.3. The van der Waals surface area contributed by atoms with Gasteiger partial charge in [-0.15, -0.1) is 0 Å². The van der Waals surface area contributed by atoms with E-state index in [0.29, 0.717) is 0 Å². The quantitative estimate of drug-likeness (QED) is 0.740. The van der Waals surface area contributed by atoms with E-state index in [1.807, 2.05) is 0 Å². The van der Waals surface area contributed by atoms with Crippen LogP contribution in [0.5, 0.6) is 0 Å². The number of methoxy groups -OCH3 is 1. The third-order valence-electron chi connectivity index (χ3n) is 4.12. The molecule has 2 bridgehead atoms. The summed E-state index contributed by atoms with van der Waals surface area (Å²) in [5, 5.41) is 9.29. The van der Waals surface area contributed by atoms with E-state index in [1.165, 1.54) is 0 Å². The number of aliphatic carboxylic acids is 1. The highest BCUT2D eigenvalue weighted by Gasteiger charge is 2.52. The molecule has 2 rings (SSSR count). The average molecular weight is 198 g/mol. The van der Waals surface area contributed by atoms with Crippen LogP contribution in [0, 0.1) is 5.41 Å². The molecule has 80 valence electrons. The Morgan fingerprint density at radius 2 is 1.79 bits per heavy atom. The monoisotopic (exact) mass is 198 g/mol. The van der Waals surface area contributed by atoms with Crippen molar-refractivity contribution in [3.05, 3.63) is 0 Å². The van der Waals surface area contributed by atoms with Crippen LogP contribution >= 0.6 is 0 Å². The van der Waals surface area contributed by atoms with Gasteiger partial charge in [0.05, 0.1) is 11.0 Å². The fourth-order valence-electron chi connectivity index (χ4n) is 3.28. The number of hydrogen-bond acceptors (Lipinski definition) is 2. The molecule has 2 aliphatic rings. The molecule has 1 N–H and O–H groups in total. The molecule has 0 saturated heterocycles. The molecule has 3 heteroatoms. The van der Waals surface area contributed by atoms with Crippen molar-refractivity contribution in [2.24, 2.45) is 5.41 Å². The Balaban J connectivity index is 2.24. The van der Waals surface area contributed by atoms with Gasteiger partial charge in [0.1, 0.15) is 0 Å². The molecule has 0 unspecified atom stereocenters. The summed E-state index contributed by atoms with van der Waals surface area (Å²) in [6.45, 7) is 0. The summed E-state index contributed by atoms with van der Waals surface area (Å²) in [6.07, 6.45) is 6.49. The first kappa shape index (κ1) is 9.97. The molecule has 0 radical (unpaired) electrons. The molecule has 0 amide bonds. The average Bonchev–Trinajstić information content (AvgIpc) is 2.18. The van der Waals surface area contributed by atoms with Gasteiger partial charge in [0.15, 0.2) is 0 Å². The van der Waals surface area contributed by atoms with Gasteiger partial charge in [-0.3, -0.25) is 4.79 Å². The van der Waals surface area contributed by atoms with Crippen LogP contribution in [0.1, 0.15) is 44.9 Å². The predicted octanol–water partition coefficient (Wildman–Crippen LogP) is 2.20. The second kappa shape index (κ2) is 3.23. The lowest BCUT2D eigenvalue weighted by atomic mass is 9.60. The lowest BCUT2D eigenvalue weighted by Crippen LogP contribution is -2.49. The van der Waals surface area contributed by atoms with Crippen molar-refractivity contribution in [1.29, 1.82) is 0 Å². The third-order valence-corrected chi connectivity index (χ3v) is 4.12. The number of fused-ring (bicyclic) bond motifs is 2. The van der Waals surface area contributed by atoms with E-state index in [2.05, 4.69) is 0 Å². The highest BCUT2D eigenvalue weighted by atomic mass is 16.5. The van der Waals surface area contributed by atoms with Crippen LogP contribution in [0.4, 0.5) is 0 Å². The summed E-state index contributed by atoms with van der Waals surface area (Å²) >= 11 is 0. The minimum atomic E-state index is -0.613. The zero-order chi connectivity index (χ0) is 10.2. The first-order valence-corrected chi connectivity index (χ1v) is 5.41. The molecule has 3 nitrogen and oxygen atoms in total. The first-order valence-electron chi connectivity index (χ1n) is 5.41. The standard InChI is InChI=1S/C11H18O3/c1-14-11-6-2-4-10(8-11,9(12)13)5-3-7-11/h2-8H2,1H3,(H,12,13). The Morgan fingerprint density at radius 1 is 1.21 bits per heavy atom. The van der Waals surface area contributed by atoms with Gasteiger partial charge in [-0.25, -0.2) is 0 Å². The van der Waals surface area contributed by atoms with Crippen molar-refractivity contribution in [2.45, 2.75) is 50.5 Å². The fourth-order valence-corrected chi connectivity index (χ4v) is 3.28. The minimum Gasteiger partial charge on any atom is -0.481 e. The van der Waals surface area contributed by atoms with Crippen molar-refractivity contribution < 1.29 is 14.6 Å². The Morgan fingerprint density at radius 3 is 2.21 bits per heavy atom. The van der Waals surface area contributed by atoms with E-state index in [-0.39, 0.29) is 5.60 Å². The Kier molecular flexibility index (Phi) is 2.30. The predicted molar refractivity (Wildman–Crippen MR) is 52.1 cm³/mol. The normalized spacial score (nSPS) is 42.1. The fraction of sp³-hybridized carbons (Fsp3) is 0.909. The van der Waals surface area contributed by atoms with Crippen LogP contribution in [0.15, 0.2) is 0 Å². The lowest BCUT2D eigenvalue weighted by Gasteiger charge is -2.49. The smallest absolute Gasteiger partial charge is 0.309 e. The Bertz CT molecular complexity index is 237. The molecule has 0 aliphatic heterocycles. The van der Waals surface area contributed by atoms with Gasteiger partial charge in [0.2, 0.25) is 0 Å². The second-order valence-corrected chi connectivity index (χ2v) is 4.86. The number of rotatable bonds is 2. The molecule has 0 heterocycles. The van der Waals surface area contributed by atoms with E-state index >= 15 is 0 Å². The number of ether oxygens (including phenoxy) is 1. The summed E-state index contributed by atoms with van der Waals surface area (Å²) in [5.74, 6) is -0.613. The van der Waals surface area contributed by atoms with Gasteiger partial charge in [-0.05, 0) is 44.9 Å². The second-order valence-electron chi connectivity index (χ2n) is 4.86. The molecule has 0 atom stereocenters. The van der Waals surface area contributed by atoms with Crippen molar-refractivity contribution in [2.75, 3.05) is 7.11 Å². The maximum Gasteiger partial charge on any atom is 0.309 e. The number of carboxylic acids is 1. The molecular weight excluding hydrogens is 180 g/mol. The molecule has 0 spiro atoms. The van der Waals surface area contributed by atoms with E-state index < -0.39 is 11.4 Å². The number of carboxylic acid groups (broad SMARTS) is 1. The Hall–Kier alpha value is -0.570. The highest BCUT2D eigenvalue weighted by molar-refractivity contribution is 5.75. The molecule has 0 aromatic carbocycles. The topological polar surface area (TPSA) is 46.5 Å². The van der Waals surface area contributed by atoms with Crippen LogP contribution in [0.25, 0.3) is 0 Å². The van der Waals surface area contributed by atoms with Gasteiger partial charge >= 0.3 is 5.97 Å². The lowest BCUT2D eigenvalue weighted by molar-refractivity contribution is -0.168. The van der Waals surface area contributed by atoms with Crippen molar-refractivity contribution in [3.63, 3.8) is 0 Å². The van der Waals surface area contributed by atoms with Gasteiger partial charge < -0.3 is 9.84 Å². The van der Waals surface area contributed by atoms with E-state index in [4.69, 9.17) is 4.74 Å². The highest BCUT2D eigenvalue weighted by Crippen LogP contribution is 2.52. The first-order chi connectivity index (χ1) is 6.63. The molecular formula is C11H18O3. The Labute approximate surface area is 84.4 Å². The van der Waals surface area contributed by atoms with Gasteiger partial charge in [-0.2, -0.15) is 0 Å². The summed E-state index contributed by atoms with van der Waals surface area (Å²) in [5.41, 5.74) is -0.582. The summed E-state index contributed by atoms with van der Waals surface area (Å²) in [4.78, 5) is 11.3. The zero-order valence-electron chi connectivity index (χ0n) is 8.71. The van der Waals surface area contributed by atoms with Gasteiger partial charge in [0.25, 0.3) is 0 Å². The molecule has 2 aliphatic carbocycles. The SMILES string of the molecule is COC12CCCC(C(=O)O)(CCC1)C2. The van der Waals surface area contributed by atoms with E-state index in [0.717, 1.165) is 44.9 Å². The minimum absolute atomic E-state index is 0.116. The summed E-state index contributed by atoms with van der Waals surface area (Å²) in [7, 11) is 1.73. The number of hydrogen-bond donors (Lipinski definition) is 1. The molecule has 0 aromatic heterocycles. The van der Waals surface area contributed by atoms with E-state index in [1.54, 1.807) is 7.11 Å². The van der Waals surface area contributed by atoms with Crippen LogP contribution in [0.2, 0.25) is 0 Å². The largest absolute Gasteiger partial charge is 0.481 e. The van der Waals surface area contributed by atoms with Crippen LogP contribution in [-0.4, -0.2) is 23.8 Å². The van der Waals surface area contributed by atoms with Crippen LogP contribution < -0.4 is 0 Å². The zero-order valence-corrected chi connectivity index (χ0v) is 8.71. The molecule has 0 aromatic rings. The summed E-state index contributed by atoms with van der Waals surface area (Å²) < 4.78 is 5.56. The third kappa shape index (κ3) is 1.34. The molecule has 2 saturated carbocycles. The van der Waals surface area contributed by atoms with Crippen molar-refractivity contribution in [1.82, 2.24) is 0 Å². The van der Waals surface area contributed by atoms with Gasteiger partial charge in [0, 0.05) is 7.11 Å². The van der Waals surface area contributed by atoms with E-state index in [9.17, 15) is 9.90 Å². The van der Waals surface area contributed by atoms with Crippen molar-refractivity contribution >= 4 is 5.97 Å². The van der Waals surface area contributed by atoms with Crippen LogP contribution in [0.3, 0.4) is 0 Å². The molecule has 2 fully saturated rings.